The van der Waals surface area contributed by atoms with Gasteiger partial charge in [-0.3, -0.25) is 24.8 Å². The fraction of sp³-hybridized carbons (Fsp3) is 0.382. The number of hydrogen-bond acceptors (Lipinski definition) is 8. The van der Waals surface area contributed by atoms with Crippen molar-refractivity contribution in [1.29, 1.82) is 0 Å². The van der Waals surface area contributed by atoms with E-state index in [4.69, 9.17) is 20.9 Å². The number of carbonyl (C=O) groups excluding carboxylic acids is 2. The Kier molecular flexibility index (Phi) is 6.93. The van der Waals surface area contributed by atoms with E-state index in [1.165, 1.54) is 0 Å². The number of hydrogen-bond donors (Lipinski definition) is 3. The molecule has 44 heavy (non-hydrogen) atoms. The van der Waals surface area contributed by atoms with Gasteiger partial charge in [0.15, 0.2) is 5.88 Å². The average molecular weight is 598 g/mol. The van der Waals surface area contributed by atoms with Gasteiger partial charge in [-0.1, -0.05) is 30.3 Å². The van der Waals surface area contributed by atoms with Crippen LogP contribution < -0.4 is 16.8 Å². The molecular weight excluding hydrogens is 561 g/mol. The third-order valence-corrected chi connectivity index (χ3v) is 9.36. The largest absolute Gasteiger partial charge is 0.476 e. The quantitative estimate of drug-likeness (QED) is 0.153. The molecule has 0 bridgehead atoms. The van der Waals surface area contributed by atoms with Crippen LogP contribution in [0.25, 0.3) is 16.6 Å². The molecule has 3 atom stereocenters. The van der Waals surface area contributed by atoms with Crippen molar-refractivity contribution in [2.45, 2.75) is 68.8 Å². The number of likely N-dealkylation sites (tertiary alicyclic amines) is 1. The van der Waals surface area contributed by atoms with Gasteiger partial charge >= 0.3 is 0 Å². The molecule has 10 heteroatoms. The van der Waals surface area contributed by atoms with E-state index < -0.39 is 17.1 Å². The molecule has 0 radical (unpaired) electrons. The molecule has 2 aromatic carbocycles. The number of allylic oxidation sites excluding steroid dienone is 2. The first-order valence-corrected chi connectivity index (χ1v) is 15.2. The number of epoxide rings is 1. The van der Waals surface area contributed by atoms with Gasteiger partial charge in [0, 0.05) is 48.9 Å². The zero-order valence-corrected chi connectivity index (χ0v) is 24.6. The van der Waals surface area contributed by atoms with Crippen molar-refractivity contribution in [3.05, 3.63) is 94.8 Å². The van der Waals surface area contributed by atoms with Gasteiger partial charge in [-0.2, -0.15) is 0 Å². The summed E-state index contributed by atoms with van der Waals surface area (Å²) in [6, 6.07) is 13.4. The van der Waals surface area contributed by atoms with Crippen molar-refractivity contribution in [2.75, 3.05) is 13.1 Å². The molecule has 9 nitrogen and oxygen atoms in total. The molecule has 1 aliphatic carbocycles. The highest BCUT2D eigenvalue weighted by molar-refractivity contribution is 6.01. The van der Waals surface area contributed by atoms with Crippen LogP contribution in [0.1, 0.15) is 67.2 Å². The lowest BCUT2D eigenvalue weighted by Crippen LogP contribution is -2.44. The second kappa shape index (κ2) is 10.7. The normalized spacial score (nSPS) is 27.6. The van der Waals surface area contributed by atoms with Crippen LogP contribution in [-0.4, -0.2) is 46.5 Å². The molecule has 228 valence electrons. The minimum absolute atomic E-state index is 0.243. The van der Waals surface area contributed by atoms with Gasteiger partial charge in [0.1, 0.15) is 23.1 Å². The molecule has 4 heterocycles. The van der Waals surface area contributed by atoms with Crippen molar-refractivity contribution in [3.8, 4) is 0 Å². The average Bonchev–Trinajstić information content (AvgIpc) is 3.92. The number of ether oxygens (including phenoxy) is 2. The molecule has 3 aliphatic heterocycles. The molecule has 2 amide bonds. The van der Waals surface area contributed by atoms with E-state index in [0.29, 0.717) is 53.0 Å². The zero-order valence-electron chi connectivity index (χ0n) is 24.6. The summed E-state index contributed by atoms with van der Waals surface area (Å²) in [6.07, 6.45) is 8.69. The number of aromatic nitrogens is 1. The number of nitrogens with one attached hydrogen (secondary N) is 1. The lowest BCUT2D eigenvalue weighted by atomic mass is 9.80. The summed E-state index contributed by atoms with van der Waals surface area (Å²) in [4.78, 5) is 30.8. The summed E-state index contributed by atoms with van der Waals surface area (Å²) in [5.74, 6) is -1.17. The second-order valence-corrected chi connectivity index (χ2v) is 12.6. The van der Waals surface area contributed by atoms with E-state index in [2.05, 4.69) is 27.3 Å². The Morgan fingerprint density at radius 3 is 2.68 bits per heavy atom. The van der Waals surface area contributed by atoms with Gasteiger partial charge in [-0.25, -0.2) is 4.39 Å². The number of amides is 2. The summed E-state index contributed by atoms with van der Waals surface area (Å²) in [5.41, 5.74) is 15.2. The summed E-state index contributed by atoms with van der Waals surface area (Å²) >= 11 is 0. The molecule has 4 aliphatic rings. The van der Waals surface area contributed by atoms with E-state index in [1.54, 1.807) is 30.5 Å². The molecule has 4 fully saturated rings. The Labute approximate surface area is 255 Å². The van der Waals surface area contributed by atoms with Gasteiger partial charge in [0.25, 0.3) is 0 Å². The summed E-state index contributed by atoms with van der Waals surface area (Å²) in [5, 5.41) is 2.74. The van der Waals surface area contributed by atoms with E-state index in [0.717, 1.165) is 37.1 Å². The molecule has 7 rings (SSSR count). The van der Waals surface area contributed by atoms with Crippen LogP contribution in [0.15, 0.2) is 66.7 Å². The summed E-state index contributed by atoms with van der Waals surface area (Å²) in [6.45, 7) is 4.19. The van der Waals surface area contributed by atoms with Crippen molar-refractivity contribution in [1.82, 2.24) is 15.2 Å². The van der Waals surface area contributed by atoms with Crippen LogP contribution in [0.3, 0.4) is 0 Å². The zero-order chi connectivity index (χ0) is 30.6. The number of imide groups is 1. The van der Waals surface area contributed by atoms with Crippen LogP contribution in [0.5, 0.6) is 0 Å². The monoisotopic (exact) mass is 597 g/mol. The third kappa shape index (κ3) is 5.22. The van der Waals surface area contributed by atoms with E-state index in [9.17, 15) is 9.59 Å². The van der Waals surface area contributed by atoms with Gasteiger partial charge in [0.05, 0.1) is 11.4 Å². The fourth-order valence-electron chi connectivity index (χ4n) is 6.71. The smallest absolute Gasteiger partial charge is 0.234 e. The lowest BCUT2D eigenvalue weighted by Gasteiger charge is -2.33. The number of fused-ring (bicyclic) bond motifs is 2. The first-order chi connectivity index (χ1) is 21.1. The van der Waals surface area contributed by atoms with E-state index in [1.807, 2.05) is 25.1 Å². The Morgan fingerprint density at radius 2 is 1.95 bits per heavy atom. The SMILES string of the molecule is CC12CN(Cc3ccc(/C(N)=C/C=C(\N)OC4CC4)cc3)CCC1(c1ccc3ncc(C4CCC(=O)NC4=O)cc3c1F)O2. The predicted octanol–water partition coefficient (Wildman–Crippen LogP) is 4.06. The van der Waals surface area contributed by atoms with Crippen molar-refractivity contribution in [2.24, 2.45) is 11.5 Å². The van der Waals surface area contributed by atoms with Crippen molar-refractivity contribution in [3.63, 3.8) is 0 Å². The van der Waals surface area contributed by atoms with Crippen LogP contribution >= 0.6 is 0 Å². The molecule has 3 unspecified atom stereocenters. The standard InChI is InChI=1S/C34H36FN5O4/c1-33-19-40(18-20-2-4-21(5-3-20)27(36)10-12-29(37)43-23-6-7-23)15-14-34(33,44-33)26-9-11-28-25(31(26)35)16-22(17-38-28)24-8-13-30(41)39-32(24)42/h2-5,9-12,16-17,23-24H,6-8,13-15,18-19,36-37H2,1H3,(H,39,41,42)/b27-10-,29-12+. The predicted molar refractivity (Wildman–Crippen MR) is 163 cm³/mol. The van der Waals surface area contributed by atoms with Gasteiger partial charge in [-0.05, 0) is 73.6 Å². The number of benzene rings is 2. The third-order valence-electron chi connectivity index (χ3n) is 9.36. The highest BCUT2D eigenvalue weighted by Crippen LogP contribution is 2.61. The molecule has 3 aromatic rings. The van der Waals surface area contributed by atoms with E-state index in [-0.39, 0.29) is 30.2 Å². The number of rotatable bonds is 8. The van der Waals surface area contributed by atoms with E-state index >= 15 is 4.39 Å². The number of carbonyl (C=O) groups is 2. The highest BCUT2D eigenvalue weighted by atomic mass is 19.1. The first-order valence-electron chi connectivity index (χ1n) is 15.2. The number of piperidine rings is 2. The number of halogens is 1. The maximum atomic E-state index is 16.2. The van der Waals surface area contributed by atoms with Crippen LogP contribution in [-0.2, 0) is 31.2 Å². The molecule has 3 saturated heterocycles. The van der Waals surface area contributed by atoms with Crippen molar-refractivity contribution < 1.29 is 23.5 Å². The Morgan fingerprint density at radius 1 is 1.16 bits per heavy atom. The minimum atomic E-state index is -0.714. The topological polar surface area (TPSA) is 136 Å². The number of pyridine rings is 1. The maximum Gasteiger partial charge on any atom is 0.234 e. The van der Waals surface area contributed by atoms with Gasteiger partial charge in [0.2, 0.25) is 11.8 Å². The van der Waals surface area contributed by atoms with Gasteiger partial charge in [-0.15, -0.1) is 0 Å². The molecular formula is C34H36FN5O4. The molecule has 0 spiro atoms. The van der Waals surface area contributed by atoms with Crippen LogP contribution in [0.2, 0.25) is 0 Å². The minimum Gasteiger partial charge on any atom is -0.476 e. The Hall–Kier alpha value is -4.28. The first kappa shape index (κ1) is 28.5. The number of nitrogens with zero attached hydrogens (tertiary/aromatic N) is 2. The Balaban J connectivity index is 1.04. The lowest BCUT2D eigenvalue weighted by molar-refractivity contribution is -0.134. The summed E-state index contributed by atoms with van der Waals surface area (Å²) in [7, 11) is 0. The van der Waals surface area contributed by atoms with Crippen molar-refractivity contribution >= 4 is 28.4 Å². The number of nitrogens with two attached hydrogens (primary N) is 2. The van der Waals surface area contributed by atoms with Gasteiger partial charge < -0.3 is 20.9 Å². The van der Waals surface area contributed by atoms with Crippen LogP contribution in [0.4, 0.5) is 4.39 Å². The highest BCUT2D eigenvalue weighted by Gasteiger charge is 2.70. The molecule has 1 aromatic heterocycles. The van der Waals surface area contributed by atoms with Crippen LogP contribution in [0, 0.1) is 5.82 Å². The second-order valence-electron chi connectivity index (χ2n) is 12.6. The summed E-state index contributed by atoms with van der Waals surface area (Å²) < 4.78 is 28.1. The molecule has 1 saturated carbocycles. The molecule has 5 N–H and O–H groups in total. The maximum absolute atomic E-state index is 16.2. The Bertz CT molecular complexity index is 1720. The fourth-order valence-corrected chi connectivity index (χ4v) is 6.71.